The van der Waals surface area contributed by atoms with Crippen molar-refractivity contribution in [3.05, 3.63) is 29.8 Å². The van der Waals surface area contributed by atoms with Gasteiger partial charge >= 0.3 is 5.97 Å². The third-order valence-electron chi connectivity index (χ3n) is 3.37. The normalized spacial score (nSPS) is 24.8. The van der Waals surface area contributed by atoms with Gasteiger partial charge in [-0.1, -0.05) is 12.1 Å². The van der Waals surface area contributed by atoms with Gasteiger partial charge in [0, 0.05) is 24.7 Å². The number of methoxy groups -OCH3 is 1. The van der Waals surface area contributed by atoms with Crippen molar-refractivity contribution in [2.24, 2.45) is 5.92 Å². The molecular weight excluding hydrogens is 216 g/mol. The average Bonchev–Trinajstić information content (AvgIpc) is 2.71. The summed E-state index contributed by atoms with van der Waals surface area (Å²) in [5, 5.41) is 0. The van der Waals surface area contributed by atoms with Gasteiger partial charge in [-0.3, -0.25) is 4.79 Å². The van der Waals surface area contributed by atoms with Crippen molar-refractivity contribution in [1.82, 2.24) is 4.90 Å². The number of nitrogens with two attached hydrogens (primary N) is 1. The smallest absolute Gasteiger partial charge is 0.310 e. The molecular formula is C13H18N2O2. The number of carbonyl (C=O) groups excluding carboxylic acids is 1. The number of carbonyl (C=O) groups is 1. The Labute approximate surface area is 101 Å². The first-order chi connectivity index (χ1) is 8.11. The van der Waals surface area contributed by atoms with Crippen LogP contribution in [-0.4, -0.2) is 38.1 Å². The minimum absolute atomic E-state index is 0.0753. The summed E-state index contributed by atoms with van der Waals surface area (Å²) in [6.07, 6.45) is 0. The van der Waals surface area contributed by atoms with Crippen LogP contribution in [0.25, 0.3) is 0 Å². The Bertz CT molecular complexity index is 402. The lowest BCUT2D eigenvalue weighted by Crippen LogP contribution is -2.23. The fourth-order valence-corrected chi connectivity index (χ4v) is 2.47. The van der Waals surface area contributed by atoms with Gasteiger partial charge in [0.05, 0.1) is 13.0 Å². The number of rotatable bonds is 2. The van der Waals surface area contributed by atoms with Gasteiger partial charge in [-0.15, -0.1) is 0 Å². The van der Waals surface area contributed by atoms with Crippen LogP contribution in [-0.2, 0) is 9.53 Å². The van der Waals surface area contributed by atoms with Gasteiger partial charge in [-0.05, 0) is 24.7 Å². The van der Waals surface area contributed by atoms with E-state index in [1.807, 2.05) is 31.3 Å². The maximum atomic E-state index is 11.7. The summed E-state index contributed by atoms with van der Waals surface area (Å²) < 4.78 is 4.87. The molecule has 92 valence electrons. The van der Waals surface area contributed by atoms with Crippen molar-refractivity contribution in [2.45, 2.75) is 5.92 Å². The van der Waals surface area contributed by atoms with Gasteiger partial charge in [0.25, 0.3) is 0 Å². The molecule has 0 amide bonds. The van der Waals surface area contributed by atoms with E-state index in [2.05, 4.69) is 4.90 Å². The number of likely N-dealkylation sites (N-methyl/N-ethyl adjacent to an activating group) is 1. The first-order valence-electron chi connectivity index (χ1n) is 5.73. The fourth-order valence-electron chi connectivity index (χ4n) is 2.47. The number of nitrogens with zero attached hydrogens (tertiary/aromatic N) is 1. The van der Waals surface area contributed by atoms with Gasteiger partial charge < -0.3 is 15.4 Å². The van der Waals surface area contributed by atoms with Gasteiger partial charge in [0.2, 0.25) is 0 Å². The Morgan fingerprint density at radius 3 is 2.59 bits per heavy atom. The molecule has 4 heteroatoms. The highest BCUT2D eigenvalue weighted by Crippen LogP contribution is 2.32. The third kappa shape index (κ3) is 2.42. The fraction of sp³-hybridized carbons (Fsp3) is 0.462. The minimum Gasteiger partial charge on any atom is -0.469 e. The number of likely N-dealkylation sites (tertiary alicyclic amines) is 1. The molecule has 0 radical (unpaired) electrons. The van der Waals surface area contributed by atoms with Crippen LogP contribution in [0.4, 0.5) is 5.69 Å². The van der Waals surface area contributed by atoms with Crippen LogP contribution in [0.2, 0.25) is 0 Å². The molecule has 1 aliphatic heterocycles. The second kappa shape index (κ2) is 4.75. The molecule has 1 aromatic rings. The predicted molar refractivity (Wildman–Crippen MR) is 66.6 cm³/mol. The van der Waals surface area contributed by atoms with Crippen LogP contribution in [0.15, 0.2) is 24.3 Å². The van der Waals surface area contributed by atoms with Crippen LogP contribution >= 0.6 is 0 Å². The van der Waals surface area contributed by atoms with E-state index in [0.717, 1.165) is 24.3 Å². The molecule has 1 fully saturated rings. The zero-order valence-corrected chi connectivity index (χ0v) is 10.2. The molecule has 0 aromatic heterocycles. The number of ether oxygens (including phenoxy) is 1. The third-order valence-corrected chi connectivity index (χ3v) is 3.37. The lowest BCUT2D eigenvalue weighted by molar-refractivity contribution is -0.145. The molecule has 1 aromatic carbocycles. The Morgan fingerprint density at radius 1 is 1.35 bits per heavy atom. The first kappa shape index (κ1) is 11.9. The highest BCUT2D eigenvalue weighted by Gasteiger charge is 2.37. The molecule has 0 bridgehead atoms. The highest BCUT2D eigenvalue weighted by molar-refractivity contribution is 5.74. The molecule has 1 saturated heterocycles. The summed E-state index contributed by atoms with van der Waals surface area (Å²) in [5.41, 5.74) is 7.57. The van der Waals surface area contributed by atoms with Crippen LogP contribution in [0.3, 0.4) is 0 Å². The van der Waals surface area contributed by atoms with Crippen LogP contribution in [0, 0.1) is 5.92 Å². The molecule has 4 nitrogen and oxygen atoms in total. The summed E-state index contributed by atoms with van der Waals surface area (Å²) in [5.74, 6) is -0.00199. The largest absolute Gasteiger partial charge is 0.469 e. The summed E-state index contributed by atoms with van der Waals surface area (Å²) in [6.45, 7) is 1.63. The van der Waals surface area contributed by atoms with E-state index in [4.69, 9.17) is 10.5 Å². The molecule has 2 rings (SSSR count). The summed E-state index contributed by atoms with van der Waals surface area (Å²) in [6, 6.07) is 7.74. The van der Waals surface area contributed by atoms with Crippen molar-refractivity contribution in [1.29, 1.82) is 0 Å². The number of esters is 1. The maximum Gasteiger partial charge on any atom is 0.310 e. The second-order valence-corrected chi connectivity index (χ2v) is 4.62. The Hall–Kier alpha value is -1.55. The molecule has 0 spiro atoms. The monoisotopic (exact) mass is 234 g/mol. The number of nitrogen functional groups attached to an aromatic ring is 1. The summed E-state index contributed by atoms with van der Waals surface area (Å²) in [7, 11) is 3.47. The Balaban J connectivity index is 2.23. The molecule has 2 atom stereocenters. The number of anilines is 1. The number of hydrogen-bond acceptors (Lipinski definition) is 4. The van der Waals surface area contributed by atoms with Crippen molar-refractivity contribution >= 4 is 11.7 Å². The lowest BCUT2D eigenvalue weighted by atomic mass is 9.89. The van der Waals surface area contributed by atoms with E-state index in [1.165, 1.54) is 7.11 Å². The van der Waals surface area contributed by atoms with Crippen molar-refractivity contribution in [2.75, 3.05) is 33.0 Å². The number of benzene rings is 1. The Morgan fingerprint density at radius 2 is 2.00 bits per heavy atom. The van der Waals surface area contributed by atoms with E-state index >= 15 is 0 Å². The van der Waals surface area contributed by atoms with Gasteiger partial charge in [0.1, 0.15) is 0 Å². The quantitative estimate of drug-likeness (QED) is 0.614. The predicted octanol–water partition coefficient (Wildman–Crippen LogP) is 1.09. The maximum absolute atomic E-state index is 11.7. The first-order valence-corrected chi connectivity index (χ1v) is 5.73. The summed E-state index contributed by atoms with van der Waals surface area (Å²) >= 11 is 0. The van der Waals surface area contributed by atoms with Crippen molar-refractivity contribution < 1.29 is 9.53 Å². The molecule has 1 heterocycles. The van der Waals surface area contributed by atoms with Gasteiger partial charge in [-0.2, -0.15) is 0 Å². The van der Waals surface area contributed by atoms with Gasteiger partial charge in [-0.25, -0.2) is 0 Å². The minimum atomic E-state index is -0.129. The lowest BCUT2D eigenvalue weighted by Gasteiger charge is -2.16. The molecule has 17 heavy (non-hydrogen) atoms. The highest BCUT2D eigenvalue weighted by atomic mass is 16.5. The molecule has 2 N–H and O–H groups in total. The van der Waals surface area contributed by atoms with Crippen molar-refractivity contribution in [3.63, 3.8) is 0 Å². The zero-order chi connectivity index (χ0) is 12.4. The topological polar surface area (TPSA) is 55.6 Å². The van der Waals surface area contributed by atoms with E-state index in [-0.39, 0.29) is 17.8 Å². The molecule has 0 saturated carbocycles. The van der Waals surface area contributed by atoms with Crippen molar-refractivity contribution in [3.8, 4) is 0 Å². The van der Waals surface area contributed by atoms with Crippen LogP contribution < -0.4 is 5.73 Å². The molecule has 0 aliphatic carbocycles. The number of hydrogen-bond donors (Lipinski definition) is 1. The van der Waals surface area contributed by atoms with Crippen LogP contribution in [0.1, 0.15) is 11.5 Å². The van der Waals surface area contributed by atoms with E-state index in [9.17, 15) is 4.79 Å². The standard InChI is InChI=1S/C13H18N2O2/c1-15-7-11(12(8-15)13(16)17-2)9-3-5-10(14)6-4-9/h3-6,11-12H,7-8,14H2,1-2H3/t11-,12-/m1/s1. The molecule has 1 aliphatic rings. The SMILES string of the molecule is COC(=O)[C@@H]1CN(C)C[C@@H]1c1ccc(N)cc1. The van der Waals surface area contributed by atoms with E-state index < -0.39 is 0 Å². The van der Waals surface area contributed by atoms with Gasteiger partial charge in [0.15, 0.2) is 0 Å². The second-order valence-electron chi connectivity index (χ2n) is 4.62. The Kier molecular flexibility index (Phi) is 3.33. The van der Waals surface area contributed by atoms with E-state index in [1.54, 1.807) is 0 Å². The molecule has 0 unspecified atom stereocenters. The van der Waals surface area contributed by atoms with Crippen LogP contribution in [0.5, 0.6) is 0 Å². The van der Waals surface area contributed by atoms with E-state index in [0.29, 0.717) is 0 Å². The zero-order valence-electron chi connectivity index (χ0n) is 10.2. The summed E-state index contributed by atoms with van der Waals surface area (Å²) in [4.78, 5) is 13.9. The average molecular weight is 234 g/mol.